The summed E-state index contributed by atoms with van der Waals surface area (Å²) in [6, 6.07) is 2.01. The van der Waals surface area contributed by atoms with E-state index in [-0.39, 0.29) is 53.9 Å². The lowest BCUT2D eigenvalue weighted by Crippen LogP contribution is -2.59. The quantitative estimate of drug-likeness (QED) is 0.272. The Bertz CT molecular complexity index is 899. The van der Waals surface area contributed by atoms with Gasteiger partial charge in [-0.15, -0.1) is 0 Å². The minimum absolute atomic E-state index is 0.0304. The van der Waals surface area contributed by atoms with E-state index in [1.165, 1.54) is 19.3 Å². The Morgan fingerprint density at radius 1 is 1.08 bits per heavy atom. The van der Waals surface area contributed by atoms with Crippen LogP contribution in [0.1, 0.15) is 112 Å². The molecule has 0 aromatic heterocycles. The van der Waals surface area contributed by atoms with Gasteiger partial charge in [-0.05, 0) is 111 Å². The number of aliphatic hydroxyl groups excluding tert-OH is 1. The van der Waals surface area contributed by atoms with Gasteiger partial charge in [-0.2, -0.15) is 5.26 Å². The van der Waals surface area contributed by atoms with Gasteiger partial charge in [0.2, 0.25) is 0 Å². The molecule has 1 N–H and O–H groups in total. The summed E-state index contributed by atoms with van der Waals surface area (Å²) >= 11 is 0. The minimum Gasteiger partial charge on any atom is -0.465 e. The number of hydrogen-bond donors (Lipinski definition) is 1. The molecule has 0 spiro atoms. The molecule has 11 atom stereocenters. The first kappa shape index (κ1) is 29.4. The van der Waals surface area contributed by atoms with E-state index < -0.39 is 0 Å². The molecule has 0 aliphatic heterocycles. The summed E-state index contributed by atoms with van der Waals surface area (Å²) in [4.78, 5) is 24.6. The van der Waals surface area contributed by atoms with Crippen LogP contribution in [0.3, 0.4) is 0 Å². The van der Waals surface area contributed by atoms with Gasteiger partial charge in [0.15, 0.2) is 0 Å². The molecule has 38 heavy (non-hydrogen) atoms. The standard InChI is InChI=1S/C32H51NO5/c1-6-20(2)30(36)38-23-14-15-31(4)22(18-23)9-10-24-26-12-11-25(32(26,5)28(34)19-27(24)31)21(3)8-13-29(35)37-17-7-16-33/h20-28,34H,6-15,17-19H2,1-5H3. The van der Waals surface area contributed by atoms with Gasteiger partial charge in [-0.3, -0.25) is 9.59 Å². The van der Waals surface area contributed by atoms with Crippen LogP contribution < -0.4 is 0 Å². The topological polar surface area (TPSA) is 96.6 Å². The molecule has 0 amide bonds. The third-order valence-corrected chi connectivity index (χ3v) is 12.1. The maximum absolute atomic E-state index is 12.4. The average molecular weight is 530 g/mol. The monoisotopic (exact) mass is 529 g/mol. The van der Waals surface area contributed by atoms with Crippen LogP contribution in [0.15, 0.2) is 0 Å². The van der Waals surface area contributed by atoms with E-state index in [2.05, 4.69) is 20.8 Å². The van der Waals surface area contributed by atoms with E-state index in [1.54, 1.807) is 0 Å². The molecule has 0 radical (unpaired) electrons. The average Bonchev–Trinajstić information content (AvgIpc) is 3.26. The SMILES string of the molecule is CCC(C)C(=O)OC1CCC2(C)C(CCC3C2CC(O)C2(C)C(C(C)CCC(=O)OCCC#N)CCC32)C1. The van der Waals surface area contributed by atoms with Gasteiger partial charge in [-0.1, -0.05) is 34.6 Å². The molecule has 6 nitrogen and oxygen atoms in total. The van der Waals surface area contributed by atoms with Crippen molar-refractivity contribution in [1.29, 1.82) is 5.26 Å². The molecule has 0 aromatic rings. The molecule has 4 aliphatic rings. The molecule has 0 bridgehead atoms. The molecule has 214 valence electrons. The summed E-state index contributed by atoms with van der Waals surface area (Å²) in [6.45, 7) is 11.2. The van der Waals surface area contributed by atoms with Crippen LogP contribution in [0.2, 0.25) is 0 Å². The molecule has 0 aromatic carbocycles. The van der Waals surface area contributed by atoms with Crippen molar-refractivity contribution in [1.82, 2.24) is 0 Å². The van der Waals surface area contributed by atoms with Crippen LogP contribution in [-0.2, 0) is 19.1 Å². The van der Waals surface area contributed by atoms with Gasteiger partial charge in [0.05, 0.1) is 24.5 Å². The highest BCUT2D eigenvalue weighted by Crippen LogP contribution is 2.68. The molecular formula is C32H51NO5. The van der Waals surface area contributed by atoms with Crippen LogP contribution in [0.4, 0.5) is 0 Å². The van der Waals surface area contributed by atoms with Crippen molar-refractivity contribution in [2.75, 3.05) is 6.61 Å². The van der Waals surface area contributed by atoms with E-state index in [9.17, 15) is 14.7 Å². The molecule has 6 heteroatoms. The van der Waals surface area contributed by atoms with Crippen LogP contribution in [0, 0.1) is 63.6 Å². The second-order valence-corrected chi connectivity index (χ2v) is 13.7. The highest BCUT2D eigenvalue weighted by atomic mass is 16.5. The summed E-state index contributed by atoms with van der Waals surface area (Å²) in [5, 5.41) is 20.4. The largest absolute Gasteiger partial charge is 0.465 e. The van der Waals surface area contributed by atoms with Crippen LogP contribution in [0.5, 0.6) is 0 Å². The van der Waals surface area contributed by atoms with Crippen molar-refractivity contribution >= 4 is 11.9 Å². The van der Waals surface area contributed by atoms with Crippen molar-refractivity contribution in [3.8, 4) is 6.07 Å². The predicted molar refractivity (Wildman–Crippen MR) is 146 cm³/mol. The lowest BCUT2D eigenvalue weighted by molar-refractivity contribution is -0.183. The van der Waals surface area contributed by atoms with E-state index in [0.29, 0.717) is 41.9 Å². The van der Waals surface area contributed by atoms with E-state index in [0.717, 1.165) is 44.9 Å². The zero-order valence-electron chi connectivity index (χ0n) is 24.4. The number of carbonyl (C=O) groups is 2. The Morgan fingerprint density at radius 3 is 2.55 bits per heavy atom. The van der Waals surface area contributed by atoms with Crippen molar-refractivity contribution < 1.29 is 24.2 Å². The van der Waals surface area contributed by atoms with Crippen molar-refractivity contribution in [2.45, 2.75) is 124 Å². The summed E-state index contributed by atoms with van der Waals surface area (Å²) in [6.07, 6.45) is 10.5. The smallest absolute Gasteiger partial charge is 0.308 e. The second kappa shape index (κ2) is 11.9. The zero-order valence-corrected chi connectivity index (χ0v) is 24.4. The van der Waals surface area contributed by atoms with Gasteiger partial charge in [0.1, 0.15) is 12.7 Å². The Kier molecular flexibility index (Phi) is 9.17. The number of nitrogens with zero attached hydrogens (tertiary/aromatic N) is 1. The van der Waals surface area contributed by atoms with E-state index in [1.807, 2.05) is 19.9 Å². The van der Waals surface area contributed by atoms with Crippen molar-refractivity contribution in [2.24, 2.45) is 52.3 Å². The first-order chi connectivity index (χ1) is 18.1. The fourth-order valence-corrected chi connectivity index (χ4v) is 9.53. The maximum atomic E-state index is 12.4. The molecule has 4 saturated carbocycles. The van der Waals surface area contributed by atoms with Crippen molar-refractivity contribution in [3.63, 3.8) is 0 Å². The number of hydrogen-bond acceptors (Lipinski definition) is 6. The Morgan fingerprint density at radius 2 is 1.84 bits per heavy atom. The molecule has 11 unspecified atom stereocenters. The summed E-state index contributed by atoms with van der Waals surface area (Å²) in [7, 11) is 0. The van der Waals surface area contributed by atoms with Crippen LogP contribution in [-0.4, -0.2) is 35.9 Å². The number of ether oxygens (including phenoxy) is 2. The summed E-state index contributed by atoms with van der Waals surface area (Å²) < 4.78 is 11.1. The first-order valence-corrected chi connectivity index (χ1v) is 15.5. The third-order valence-electron chi connectivity index (χ3n) is 12.1. The van der Waals surface area contributed by atoms with Gasteiger partial charge in [0, 0.05) is 6.42 Å². The highest BCUT2D eigenvalue weighted by Gasteiger charge is 2.63. The van der Waals surface area contributed by atoms with E-state index >= 15 is 0 Å². The van der Waals surface area contributed by atoms with Gasteiger partial charge >= 0.3 is 11.9 Å². The number of esters is 2. The number of fused-ring (bicyclic) bond motifs is 5. The highest BCUT2D eigenvalue weighted by molar-refractivity contribution is 5.72. The Hall–Kier alpha value is -1.61. The molecule has 0 saturated heterocycles. The third kappa shape index (κ3) is 5.38. The summed E-state index contributed by atoms with van der Waals surface area (Å²) in [5.74, 6) is 2.75. The molecule has 0 heterocycles. The van der Waals surface area contributed by atoms with Gasteiger partial charge < -0.3 is 14.6 Å². The summed E-state index contributed by atoms with van der Waals surface area (Å²) in [5.41, 5.74) is 0.110. The Balaban J connectivity index is 1.40. The molecular weight excluding hydrogens is 478 g/mol. The first-order valence-electron chi connectivity index (χ1n) is 15.5. The van der Waals surface area contributed by atoms with Gasteiger partial charge in [0.25, 0.3) is 0 Å². The minimum atomic E-state index is -0.317. The lowest BCUT2D eigenvalue weighted by Gasteiger charge is -2.62. The van der Waals surface area contributed by atoms with Crippen molar-refractivity contribution in [3.05, 3.63) is 0 Å². The predicted octanol–water partition coefficient (Wildman–Crippen LogP) is 6.45. The van der Waals surface area contributed by atoms with Crippen LogP contribution in [0.25, 0.3) is 0 Å². The fourth-order valence-electron chi connectivity index (χ4n) is 9.53. The number of rotatable bonds is 9. The molecule has 4 rings (SSSR count). The normalized spacial score (nSPS) is 41.6. The number of nitriles is 1. The number of carbonyl (C=O) groups excluding carboxylic acids is 2. The van der Waals surface area contributed by atoms with Crippen LogP contribution >= 0.6 is 0 Å². The molecule has 4 fully saturated rings. The zero-order chi connectivity index (χ0) is 27.7. The van der Waals surface area contributed by atoms with Gasteiger partial charge in [-0.25, -0.2) is 0 Å². The maximum Gasteiger partial charge on any atom is 0.308 e. The Labute approximate surface area is 230 Å². The molecule has 4 aliphatic carbocycles. The fraction of sp³-hybridized carbons (Fsp3) is 0.906. The second-order valence-electron chi connectivity index (χ2n) is 13.7. The number of aliphatic hydroxyl groups is 1. The lowest BCUT2D eigenvalue weighted by atomic mass is 9.43. The van der Waals surface area contributed by atoms with E-state index in [4.69, 9.17) is 14.7 Å².